The minimum atomic E-state index is -0.194. The third-order valence-corrected chi connectivity index (χ3v) is 0. The summed E-state index contributed by atoms with van der Waals surface area (Å²) in [7, 11) is 0. The van der Waals surface area contributed by atoms with E-state index in [0.29, 0.717) is 27.9 Å². The number of rotatable bonds is 0. The molecule has 0 aromatic heterocycles. The Bertz CT molecular complexity index is 31.0. The van der Waals surface area contributed by atoms with Crippen LogP contribution < -0.4 is 5.73 Å². The van der Waals surface area contributed by atoms with E-state index in [2.05, 4.69) is 5.73 Å². The zero-order valence-electron chi connectivity index (χ0n) is 2.49. The van der Waals surface area contributed by atoms with Crippen molar-refractivity contribution in [3.63, 3.8) is 0 Å². The third kappa shape index (κ3) is 24.2. The molecule has 0 saturated heterocycles. The zero-order chi connectivity index (χ0) is 3.58. The van der Waals surface area contributed by atoms with Gasteiger partial charge in [-0.3, -0.25) is 0 Å². The summed E-state index contributed by atoms with van der Waals surface area (Å²) in [6.45, 7) is 0. The second-order valence-corrected chi connectivity index (χ2v) is 1.60. The van der Waals surface area contributed by atoms with Gasteiger partial charge in [-0.05, 0) is 0 Å². The van der Waals surface area contributed by atoms with Crippen LogP contribution in [0.25, 0.3) is 0 Å². The van der Waals surface area contributed by atoms with Gasteiger partial charge in [-0.15, -0.1) is 0 Å². The molecule has 0 heterocycles. The molecule has 0 aromatic carbocycles. The molecule has 0 radical (unpaired) electrons. The van der Waals surface area contributed by atoms with Crippen molar-refractivity contribution < 1.29 is 4.79 Å². The molecular formula is CH2NNaO. The second kappa shape index (κ2) is 1.76. The van der Waals surface area contributed by atoms with Crippen LogP contribution >= 0.6 is 0 Å². The van der Waals surface area contributed by atoms with Crippen molar-refractivity contribution in [3.05, 3.63) is 0 Å². The van der Waals surface area contributed by atoms with E-state index in [1.165, 1.54) is 0 Å². The summed E-state index contributed by atoms with van der Waals surface area (Å²) in [5, 5.41) is 0. The number of hydrogen-bond acceptors (Lipinski definition) is 1. The van der Waals surface area contributed by atoms with Gasteiger partial charge < -0.3 is 0 Å². The average Bonchev–Trinajstić information content (AvgIpc) is 0.811. The van der Waals surface area contributed by atoms with Crippen molar-refractivity contribution in [1.29, 1.82) is 0 Å². The van der Waals surface area contributed by atoms with E-state index < -0.39 is 0 Å². The van der Waals surface area contributed by atoms with E-state index in [1.54, 1.807) is 0 Å². The molecule has 0 aliphatic rings. The molecule has 0 atom stereocenters. The van der Waals surface area contributed by atoms with Gasteiger partial charge in [0.25, 0.3) is 0 Å². The first-order chi connectivity index (χ1) is 1.73. The first kappa shape index (κ1) is 4.47. The minimum absolute atomic E-state index is 0.194. The molecule has 0 bridgehead atoms. The van der Waals surface area contributed by atoms with Crippen molar-refractivity contribution in [1.82, 2.24) is 0 Å². The number of nitrogens with two attached hydrogens (primary N) is 1. The number of amides is 1. The fourth-order valence-electron chi connectivity index (χ4n) is 0. The first-order valence-corrected chi connectivity index (χ1v) is 1.99. The Kier molecular flexibility index (Phi) is 1.96. The first-order valence-electron chi connectivity index (χ1n) is 0.993. The van der Waals surface area contributed by atoms with Crippen LogP contribution in [0.15, 0.2) is 0 Å². The quantitative estimate of drug-likeness (QED) is 0.371. The molecule has 0 rings (SSSR count). The molecule has 0 fully saturated rings. The van der Waals surface area contributed by atoms with Gasteiger partial charge in [0.1, 0.15) is 0 Å². The van der Waals surface area contributed by atoms with Gasteiger partial charge in [0.15, 0.2) is 0 Å². The molecule has 0 spiro atoms. The van der Waals surface area contributed by atoms with E-state index >= 15 is 0 Å². The summed E-state index contributed by atoms with van der Waals surface area (Å²) < 4.78 is -0.194. The van der Waals surface area contributed by atoms with Gasteiger partial charge in [-0.1, -0.05) is 0 Å². The summed E-state index contributed by atoms with van der Waals surface area (Å²) in [5.74, 6) is 0. The van der Waals surface area contributed by atoms with Gasteiger partial charge in [-0.25, -0.2) is 0 Å². The van der Waals surface area contributed by atoms with Gasteiger partial charge in [-0.2, -0.15) is 0 Å². The number of carbonyl (C=O) groups is 1. The summed E-state index contributed by atoms with van der Waals surface area (Å²) in [6.07, 6.45) is 0. The fourth-order valence-corrected chi connectivity index (χ4v) is 0. The van der Waals surface area contributed by atoms with Crippen LogP contribution in [-0.2, 0) is 0 Å². The molecule has 3 heteroatoms. The summed E-state index contributed by atoms with van der Waals surface area (Å²) in [6, 6.07) is 0. The van der Waals surface area contributed by atoms with Crippen molar-refractivity contribution in [3.8, 4) is 0 Å². The maximum atomic E-state index is 9.28. The van der Waals surface area contributed by atoms with Crippen molar-refractivity contribution >= 4 is 31.1 Å². The number of primary amides is 1. The fraction of sp³-hybridized carbons (Fsp3) is 0. The molecule has 1 amide bonds. The molecule has 2 nitrogen and oxygen atoms in total. The topological polar surface area (TPSA) is 43.1 Å². The van der Waals surface area contributed by atoms with Crippen LogP contribution in [-0.4, -0.2) is 31.1 Å². The van der Waals surface area contributed by atoms with Crippen LogP contribution in [0.4, 0.5) is 4.79 Å². The van der Waals surface area contributed by atoms with E-state index in [4.69, 9.17) is 0 Å². The maximum absolute atomic E-state index is 9.28. The molecule has 18 valence electrons. The normalized spacial score (nSPS) is 6.50. The van der Waals surface area contributed by atoms with E-state index in [-0.39, 0.29) is 3.16 Å². The van der Waals surface area contributed by atoms with E-state index in [9.17, 15) is 4.79 Å². The summed E-state index contributed by atoms with van der Waals surface area (Å²) in [5.41, 5.74) is 4.53. The molecule has 0 aromatic rings. The predicted octanol–water partition coefficient (Wildman–Crippen LogP) is -0.766. The number of hydrogen-bond donors (Lipinski definition) is 1. The van der Waals surface area contributed by atoms with Crippen LogP contribution in [0.1, 0.15) is 0 Å². The standard InChI is InChI=1S/CH2NO.Na/c2-1-3;/h(H2,2,3);. The SMILES string of the molecule is N[C](=O)[Na]. The monoisotopic (exact) mass is 67.0 g/mol. The van der Waals surface area contributed by atoms with Crippen LogP contribution in [0.2, 0.25) is 0 Å². The van der Waals surface area contributed by atoms with Gasteiger partial charge in [0.05, 0.1) is 0 Å². The van der Waals surface area contributed by atoms with E-state index in [1.807, 2.05) is 0 Å². The molecule has 4 heavy (non-hydrogen) atoms. The Morgan fingerprint density at radius 2 is 2.00 bits per heavy atom. The van der Waals surface area contributed by atoms with Gasteiger partial charge in [0, 0.05) is 0 Å². The Morgan fingerprint density at radius 3 is 2.00 bits per heavy atom. The zero-order valence-corrected chi connectivity index (χ0v) is 4.49. The Hall–Kier alpha value is 0.470. The van der Waals surface area contributed by atoms with Crippen LogP contribution in [0.3, 0.4) is 0 Å². The Morgan fingerprint density at radius 1 is 2.00 bits per heavy atom. The van der Waals surface area contributed by atoms with Crippen LogP contribution in [0.5, 0.6) is 0 Å². The predicted molar refractivity (Wildman–Crippen MR) is 15.3 cm³/mol. The third-order valence-electron chi connectivity index (χ3n) is 0. The van der Waals surface area contributed by atoms with Crippen LogP contribution in [0, 0.1) is 0 Å². The Balaban J connectivity index is 2.80. The summed E-state index contributed by atoms with van der Waals surface area (Å²) >= 11 is 0.488. The van der Waals surface area contributed by atoms with E-state index in [0.717, 1.165) is 0 Å². The molecular weight excluding hydrogens is 65.0 g/mol. The van der Waals surface area contributed by atoms with Crippen molar-refractivity contribution in [2.75, 3.05) is 0 Å². The molecule has 0 saturated carbocycles. The Labute approximate surface area is 41.8 Å². The van der Waals surface area contributed by atoms with Crippen molar-refractivity contribution in [2.45, 2.75) is 0 Å². The summed E-state index contributed by atoms with van der Waals surface area (Å²) in [4.78, 5) is 9.28. The molecule has 0 aliphatic carbocycles. The second-order valence-electron chi connectivity index (χ2n) is 0.611. The van der Waals surface area contributed by atoms with Gasteiger partial charge >= 0.3 is 41.6 Å². The average molecular weight is 67.0 g/mol. The van der Waals surface area contributed by atoms with Crippen molar-refractivity contribution in [2.24, 2.45) is 5.73 Å². The molecule has 2 N–H and O–H groups in total. The molecule has 0 unspecified atom stereocenters. The molecule has 0 aliphatic heterocycles. The number of carbonyl (C=O) groups excluding carboxylic acids is 1. The van der Waals surface area contributed by atoms with Gasteiger partial charge in [0.2, 0.25) is 0 Å².